The summed E-state index contributed by atoms with van der Waals surface area (Å²) in [6.45, 7) is 3.96. The molecule has 0 aliphatic rings. The fourth-order valence-electron chi connectivity index (χ4n) is 1.80. The molecule has 1 amide bonds. The number of halogens is 1. The summed E-state index contributed by atoms with van der Waals surface area (Å²) >= 11 is 11.0. The van der Waals surface area contributed by atoms with Gasteiger partial charge in [-0.05, 0) is 67.5 Å². The fraction of sp³-hybridized carbons (Fsp3) is 0.125. The van der Waals surface area contributed by atoms with Crippen molar-refractivity contribution in [2.24, 2.45) is 0 Å². The molecule has 0 saturated carbocycles. The molecule has 0 unspecified atom stereocenters. The number of anilines is 1. The number of benzene rings is 2. The molecule has 0 saturated heterocycles. The maximum absolute atomic E-state index is 12.0. The Hall–Kier alpha value is -2.11. The topological polar surface area (TPSA) is 53.2 Å². The van der Waals surface area contributed by atoms with Crippen LogP contribution in [0.15, 0.2) is 42.5 Å². The van der Waals surface area contributed by atoms with Crippen LogP contribution in [-0.4, -0.2) is 11.0 Å². The molecule has 6 heteroatoms. The van der Waals surface area contributed by atoms with Crippen molar-refractivity contribution in [2.75, 3.05) is 5.32 Å². The molecule has 2 rings (SSSR count). The van der Waals surface area contributed by atoms with Crippen molar-refractivity contribution in [3.05, 3.63) is 64.2 Å². The molecule has 0 fully saturated rings. The molecule has 0 heterocycles. The SMILES string of the molecule is Cc1ccc(C(=O)NNC(=S)Nc2cccc(Cl)c2)cc1C. The molecular formula is C16H16ClN3OS. The van der Waals surface area contributed by atoms with E-state index in [1.54, 1.807) is 24.3 Å². The van der Waals surface area contributed by atoms with E-state index in [9.17, 15) is 4.79 Å². The van der Waals surface area contributed by atoms with Crippen LogP contribution in [0.5, 0.6) is 0 Å². The summed E-state index contributed by atoms with van der Waals surface area (Å²) in [4.78, 5) is 12.0. The van der Waals surface area contributed by atoms with E-state index in [-0.39, 0.29) is 11.0 Å². The summed E-state index contributed by atoms with van der Waals surface area (Å²) in [6.07, 6.45) is 0. The Morgan fingerprint density at radius 3 is 2.50 bits per heavy atom. The summed E-state index contributed by atoms with van der Waals surface area (Å²) in [7, 11) is 0. The molecule has 0 aliphatic heterocycles. The number of hydrogen-bond acceptors (Lipinski definition) is 2. The number of carbonyl (C=O) groups is 1. The average molecular weight is 334 g/mol. The van der Waals surface area contributed by atoms with Gasteiger partial charge >= 0.3 is 0 Å². The summed E-state index contributed by atoms with van der Waals surface area (Å²) in [5, 5.41) is 3.81. The minimum absolute atomic E-state index is 0.252. The molecule has 0 radical (unpaired) electrons. The zero-order valence-corrected chi connectivity index (χ0v) is 13.8. The van der Waals surface area contributed by atoms with E-state index in [2.05, 4.69) is 16.2 Å². The zero-order valence-electron chi connectivity index (χ0n) is 12.2. The van der Waals surface area contributed by atoms with Crippen molar-refractivity contribution in [3.8, 4) is 0 Å². The van der Waals surface area contributed by atoms with Gasteiger partial charge in [0.05, 0.1) is 0 Å². The summed E-state index contributed by atoms with van der Waals surface area (Å²) in [5.74, 6) is -0.252. The lowest BCUT2D eigenvalue weighted by Gasteiger charge is -2.12. The smallest absolute Gasteiger partial charge is 0.269 e. The van der Waals surface area contributed by atoms with Crippen LogP contribution in [0.1, 0.15) is 21.5 Å². The quantitative estimate of drug-likeness (QED) is 0.580. The lowest BCUT2D eigenvalue weighted by atomic mass is 10.1. The predicted molar refractivity (Wildman–Crippen MR) is 94.2 cm³/mol. The molecule has 0 aromatic heterocycles. The van der Waals surface area contributed by atoms with Gasteiger partial charge in [0.25, 0.3) is 5.91 Å². The molecule has 114 valence electrons. The largest absolute Gasteiger partial charge is 0.331 e. The van der Waals surface area contributed by atoms with Gasteiger partial charge in [-0.15, -0.1) is 0 Å². The highest BCUT2D eigenvalue weighted by atomic mass is 35.5. The van der Waals surface area contributed by atoms with Crippen LogP contribution in [0.4, 0.5) is 5.69 Å². The second-order valence-corrected chi connectivity index (χ2v) is 5.69. The lowest BCUT2D eigenvalue weighted by Crippen LogP contribution is -2.43. The van der Waals surface area contributed by atoms with Crippen molar-refractivity contribution < 1.29 is 4.79 Å². The number of rotatable bonds is 2. The number of hydrogen-bond donors (Lipinski definition) is 3. The third-order valence-corrected chi connectivity index (χ3v) is 3.58. The second-order valence-electron chi connectivity index (χ2n) is 4.84. The Balaban J connectivity index is 1.90. The molecular weight excluding hydrogens is 318 g/mol. The van der Waals surface area contributed by atoms with Gasteiger partial charge < -0.3 is 5.32 Å². The van der Waals surface area contributed by atoms with Gasteiger partial charge in [0, 0.05) is 16.3 Å². The molecule has 0 bridgehead atoms. The van der Waals surface area contributed by atoms with Crippen molar-refractivity contribution in [3.63, 3.8) is 0 Å². The summed E-state index contributed by atoms with van der Waals surface area (Å²) < 4.78 is 0. The highest BCUT2D eigenvalue weighted by Crippen LogP contribution is 2.14. The normalized spacial score (nSPS) is 9.95. The van der Waals surface area contributed by atoms with Crippen molar-refractivity contribution in [1.82, 2.24) is 10.9 Å². The highest BCUT2D eigenvalue weighted by molar-refractivity contribution is 7.80. The number of thiocarbonyl (C=S) groups is 1. The first-order chi connectivity index (χ1) is 10.5. The van der Waals surface area contributed by atoms with Crippen LogP contribution >= 0.6 is 23.8 Å². The van der Waals surface area contributed by atoms with Gasteiger partial charge in [0.1, 0.15) is 0 Å². The average Bonchev–Trinajstić information content (AvgIpc) is 2.47. The van der Waals surface area contributed by atoms with Crippen molar-refractivity contribution >= 4 is 40.5 Å². The Morgan fingerprint density at radius 2 is 1.82 bits per heavy atom. The minimum atomic E-state index is -0.252. The molecule has 2 aromatic rings. The first kappa shape index (κ1) is 16.3. The first-order valence-corrected chi connectivity index (χ1v) is 7.44. The third-order valence-electron chi connectivity index (χ3n) is 3.14. The Kier molecular flexibility index (Phi) is 5.35. The standard InChI is InChI=1S/C16H16ClN3OS/c1-10-6-7-12(8-11(10)2)15(21)19-20-16(22)18-14-5-3-4-13(17)9-14/h3-9H,1-2H3,(H,19,21)(H2,18,20,22). The Morgan fingerprint density at radius 1 is 1.05 bits per heavy atom. The molecule has 0 spiro atoms. The van der Waals surface area contributed by atoms with Gasteiger partial charge in [-0.25, -0.2) is 0 Å². The van der Waals surface area contributed by atoms with Crippen molar-refractivity contribution in [1.29, 1.82) is 0 Å². The number of nitrogens with one attached hydrogen (secondary N) is 3. The first-order valence-electron chi connectivity index (χ1n) is 6.66. The van der Waals surface area contributed by atoms with Crippen LogP contribution in [-0.2, 0) is 0 Å². The zero-order chi connectivity index (χ0) is 16.1. The van der Waals surface area contributed by atoms with E-state index in [4.69, 9.17) is 23.8 Å². The maximum atomic E-state index is 12.0. The van der Waals surface area contributed by atoms with Gasteiger partial charge in [0.15, 0.2) is 5.11 Å². The van der Waals surface area contributed by atoms with Crippen molar-refractivity contribution in [2.45, 2.75) is 13.8 Å². The molecule has 0 aliphatic carbocycles. The number of aryl methyl sites for hydroxylation is 2. The summed E-state index contributed by atoms with van der Waals surface area (Å²) in [6, 6.07) is 12.6. The number of carbonyl (C=O) groups excluding carboxylic acids is 1. The van der Waals surface area contributed by atoms with Crippen LogP contribution in [0.25, 0.3) is 0 Å². The van der Waals surface area contributed by atoms with E-state index in [0.717, 1.165) is 16.8 Å². The predicted octanol–water partition coefficient (Wildman–Crippen LogP) is 3.59. The van der Waals surface area contributed by atoms with Crippen LogP contribution in [0.2, 0.25) is 5.02 Å². The van der Waals surface area contributed by atoms with Crippen LogP contribution in [0.3, 0.4) is 0 Å². The molecule has 0 atom stereocenters. The molecule has 3 N–H and O–H groups in total. The van der Waals surface area contributed by atoms with E-state index in [0.29, 0.717) is 10.6 Å². The minimum Gasteiger partial charge on any atom is -0.331 e. The van der Waals surface area contributed by atoms with Crippen LogP contribution < -0.4 is 16.2 Å². The molecule has 4 nitrogen and oxygen atoms in total. The second kappa shape index (κ2) is 7.24. The number of hydrazine groups is 1. The van der Waals surface area contributed by atoms with Gasteiger partial charge in [-0.3, -0.25) is 15.6 Å². The van der Waals surface area contributed by atoms with Gasteiger partial charge in [-0.1, -0.05) is 23.7 Å². The monoisotopic (exact) mass is 333 g/mol. The van der Waals surface area contributed by atoms with E-state index < -0.39 is 0 Å². The van der Waals surface area contributed by atoms with E-state index in [1.807, 2.05) is 32.0 Å². The Bertz CT molecular complexity index is 718. The Labute approximate surface area is 139 Å². The summed E-state index contributed by atoms with van der Waals surface area (Å²) in [5.41, 5.74) is 8.73. The molecule has 2 aromatic carbocycles. The van der Waals surface area contributed by atoms with Crippen LogP contribution in [0, 0.1) is 13.8 Å². The van der Waals surface area contributed by atoms with Gasteiger partial charge in [0.2, 0.25) is 0 Å². The van der Waals surface area contributed by atoms with E-state index in [1.165, 1.54) is 0 Å². The third kappa shape index (κ3) is 4.44. The fourth-order valence-corrected chi connectivity index (χ4v) is 2.16. The van der Waals surface area contributed by atoms with E-state index >= 15 is 0 Å². The lowest BCUT2D eigenvalue weighted by molar-refractivity contribution is 0.0944. The molecule has 22 heavy (non-hydrogen) atoms. The highest BCUT2D eigenvalue weighted by Gasteiger charge is 2.07. The number of amides is 1. The maximum Gasteiger partial charge on any atom is 0.269 e. The van der Waals surface area contributed by atoms with Gasteiger partial charge in [-0.2, -0.15) is 0 Å².